The topological polar surface area (TPSA) is 35.6 Å². The maximum absolute atomic E-state index is 12.5. The van der Waals surface area contributed by atoms with Crippen LogP contribution in [0.15, 0.2) is 0 Å². The summed E-state index contributed by atoms with van der Waals surface area (Å²) in [4.78, 5) is 17.2. The Morgan fingerprint density at radius 1 is 1.10 bits per heavy atom. The highest BCUT2D eigenvalue weighted by atomic mass is 16.2. The van der Waals surface area contributed by atoms with Crippen LogP contribution in [-0.2, 0) is 4.79 Å². The molecule has 116 valence electrons. The summed E-state index contributed by atoms with van der Waals surface area (Å²) < 4.78 is 0. The van der Waals surface area contributed by atoms with Gasteiger partial charge in [0.1, 0.15) is 0 Å². The van der Waals surface area contributed by atoms with E-state index in [1.54, 1.807) is 0 Å². The summed E-state index contributed by atoms with van der Waals surface area (Å²) in [5.41, 5.74) is 0. The minimum absolute atomic E-state index is 0.0392. The van der Waals surface area contributed by atoms with Gasteiger partial charge in [-0.3, -0.25) is 9.69 Å². The van der Waals surface area contributed by atoms with Gasteiger partial charge in [0.25, 0.3) is 0 Å². The molecule has 1 amide bonds. The zero-order chi connectivity index (χ0) is 14.5. The third kappa shape index (κ3) is 4.19. The Balaban J connectivity index is 1.85. The fourth-order valence-electron chi connectivity index (χ4n) is 3.47. The van der Waals surface area contributed by atoms with Gasteiger partial charge in [0, 0.05) is 25.2 Å². The molecule has 2 aliphatic heterocycles. The fourth-order valence-corrected chi connectivity index (χ4v) is 3.47. The van der Waals surface area contributed by atoms with Gasteiger partial charge in [-0.05, 0) is 45.7 Å². The Labute approximate surface area is 123 Å². The van der Waals surface area contributed by atoms with Crippen molar-refractivity contribution in [2.45, 2.75) is 71.0 Å². The third-order valence-electron chi connectivity index (χ3n) is 4.56. The SMILES string of the molecule is CC(C)NC1CCCN(CC(C)N2CCCCC2)C1=O. The molecule has 0 aromatic rings. The van der Waals surface area contributed by atoms with Crippen molar-refractivity contribution in [3.8, 4) is 0 Å². The standard InChI is InChI=1S/C16H31N3O/c1-13(2)17-15-8-7-11-19(16(15)20)12-14(3)18-9-5-4-6-10-18/h13-15,17H,4-12H2,1-3H3. The van der Waals surface area contributed by atoms with Crippen molar-refractivity contribution in [2.24, 2.45) is 0 Å². The van der Waals surface area contributed by atoms with Gasteiger partial charge in [-0.2, -0.15) is 0 Å². The molecule has 1 N–H and O–H groups in total. The van der Waals surface area contributed by atoms with E-state index in [4.69, 9.17) is 0 Å². The molecule has 2 aliphatic rings. The van der Waals surface area contributed by atoms with Crippen LogP contribution in [0.3, 0.4) is 0 Å². The second-order valence-electron chi connectivity index (χ2n) is 6.75. The van der Waals surface area contributed by atoms with Crippen LogP contribution in [0.4, 0.5) is 0 Å². The summed E-state index contributed by atoms with van der Waals surface area (Å²) in [5, 5.41) is 3.41. The Kier molecular flexibility index (Phi) is 5.85. The Hall–Kier alpha value is -0.610. The molecule has 4 nitrogen and oxygen atoms in total. The van der Waals surface area contributed by atoms with E-state index in [0.29, 0.717) is 18.0 Å². The minimum atomic E-state index is 0.0392. The van der Waals surface area contributed by atoms with Crippen molar-refractivity contribution in [1.82, 2.24) is 15.1 Å². The van der Waals surface area contributed by atoms with Crippen molar-refractivity contribution in [1.29, 1.82) is 0 Å². The van der Waals surface area contributed by atoms with Crippen LogP contribution in [-0.4, -0.2) is 60.0 Å². The number of rotatable bonds is 5. The van der Waals surface area contributed by atoms with Gasteiger partial charge in [0.15, 0.2) is 0 Å². The van der Waals surface area contributed by atoms with Crippen molar-refractivity contribution in [3.63, 3.8) is 0 Å². The lowest BCUT2D eigenvalue weighted by molar-refractivity contribution is -0.137. The largest absolute Gasteiger partial charge is 0.340 e. The van der Waals surface area contributed by atoms with Crippen LogP contribution in [0.25, 0.3) is 0 Å². The van der Waals surface area contributed by atoms with Crippen molar-refractivity contribution in [3.05, 3.63) is 0 Å². The molecule has 20 heavy (non-hydrogen) atoms. The first kappa shape index (κ1) is 15.8. The number of hydrogen-bond acceptors (Lipinski definition) is 3. The Bertz CT molecular complexity index is 313. The van der Waals surface area contributed by atoms with Gasteiger partial charge in [0.2, 0.25) is 5.91 Å². The molecule has 0 aliphatic carbocycles. The van der Waals surface area contributed by atoms with E-state index < -0.39 is 0 Å². The molecule has 0 aromatic carbocycles. The number of amides is 1. The summed E-state index contributed by atoms with van der Waals surface area (Å²) in [6, 6.07) is 0.915. The Morgan fingerprint density at radius 2 is 1.80 bits per heavy atom. The zero-order valence-corrected chi connectivity index (χ0v) is 13.4. The zero-order valence-electron chi connectivity index (χ0n) is 13.4. The van der Waals surface area contributed by atoms with Gasteiger partial charge in [0.05, 0.1) is 6.04 Å². The molecule has 2 saturated heterocycles. The lowest BCUT2D eigenvalue weighted by Crippen LogP contribution is -2.55. The second kappa shape index (κ2) is 7.41. The molecule has 4 heteroatoms. The predicted octanol–water partition coefficient (Wildman–Crippen LogP) is 1.85. The van der Waals surface area contributed by atoms with E-state index in [9.17, 15) is 4.79 Å². The number of nitrogens with zero attached hydrogens (tertiary/aromatic N) is 2. The summed E-state index contributed by atoms with van der Waals surface area (Å²) in [6.45, 7) is 10.7. The van der Waals surface area contributed by atoms with Crippen LogP contribution >= 0.6 is 0 Å². The molecule has 0 spiro atoms. The quantitative estimate of drug-likeness (QED) is 0.835. The molecule has 0 radical (unpaired) electrons. The first-order chi connectivity index (χ1) is 9.58. The van der Waals surface area contributed by atoms with Gasteiger partial charge in [-0.25, -0.2) is 0 Å². The normalized spacial score (nSPS) is 27.1. The van der Waals surface area contributed by atoms with Crippen molar-refractivity contribution >= 4 is 5.91 Å². The summed E-state index contributed by atoms with van der Waals surface area (Å²) >= 11 is 0. The molecule has 2 fully saturated rings. The van der Waals surface area contributed by atoms with Crippen molar-refractivity contribution in [2.75, 3.05) is 26.2 Å². The highest BCUT2D eigenvalue weighted by Gasteiger charge is 2.30. The highest BCUT2D eigenvalue weighted by molar-refractivity contribution is 5.82. The number of piperidine rings is 2. The second-order valence-corrected chi connectivity index (χ2v) is 6.75. The summed E-state index contributed by atoms with van der Waals surface area (Å²) in [6.07, 6.45) is 6.12. The van der Waals surface area contributed by atoms with Crippen LogP contribution in [0.2, 0.25) is 0 Å². The third-order valence-corrected chi connectivity index (χ3v) is 4.56. The average molecular weight is 281 g/mol. The minimum Gasteiger partial charge on any atom is -0.340 e. The fraction of sp³-hybridized carbons (Fsp3) is 0.938. The van der Waals surface area contributed by atoms with E-state index in [2.05, 4.69) is 35.9 Å². The van der Waals surface area contributed by atoms with Crippen LogP contribution in [0, 0.1) is 0 Å². The number of carbonyl (C=O) groups is 1. The smallest absolute Gasteiger partial charge is 0.239 e. The van der Waals surface area contributed by atoms with Crippen LogP contribution < -0.4 is 5.32 Å². The first-order valence-corrected chi connectivity index (χ1v) is 8.37. The summed E-state index contributed by atoms with van der Waals surface area (Å²) in [7, 11) is 0. The van der Waals surface area contributed by atoms with E-state index in [1.165, 1.54) is 32.4 Å². The number of nitrogens with one attached hydrogen (secondary N) is 1. The maximum atomic E-state index is 12.5. The predicted molar refractivity (Wildman–Crippen MR) is 82.8 cm³/mol. The van der Waals surface area contributed by atoms with Crippen molar-refractivity contribution < 1.29 is 4.79 Å². The van der Waals surface area contributed by atoms with Gasteiger partial charge < -0.3 is 10.2 Å². The van der Waals surface area contributed by atoms with Gasteiger partial charge in [-0.1, -0.05) is 20.3 Å². The molecule has 2 unspecified atom stereocenters. The molecular weight excluding hydrogens is 250 g/mol. The number of likely N-dealkylation sites (tertiary alicyclic amines) is 2. The van der Waals surface area contributed by atoms with Crippen LogP contribution in [0.5, 0.6) is 0 Å². The van der Waals surface area contributed by atoms with Crippen LogP contribution in [0.1, 0.15) is 52.9 Å². The van der Waals surface area contributed by atoms with Gasteiger partial charge in [-0.15, -0.1) is 0 Å². The average Bonchev–Trinajstić information content (AvgIpc) is 2.43. The number of hydrogen-bond donors (Lipinski definition) is 1. The molecule has 2 atom stereocenters. The molecule has 0 saturated carbocycles. The summed E-state index contributed by atoms with van der Waals surface area (Å²) in [5.74, 6) is 0.314. The van der Waals surface area contributed by atoms with Gasteiger partial charge >= 0.3 is 0 Å². The number of carbonyl (C=O) groups excluding carboxylic acids is 1. The highest BCUT2D eigenvalue weighted by Crippen LogP contribution is 2.17. The van der Waals surface area contributed by atoms with E-state index >= 15 is 0 Å². The molecule has 0 aromatic heterocycles. The molecule has 2 rings (SSSR count). The molecule has 2 heterocycles. The lowest BCUT2D eigenvalue weighted by Gasteiger charge is -2.39. The molecular formula is C16H31N3O. The first-order valence-electron chi connectivity index (χ1n) is 8.37. The molecule has 0 bridgehead atoms. The van der Waals surface area contributed by atoms with E-state index in [1.807, 2.05) is 0 Å². The van der Waals surface area contributed by atoms with E-state index in [-0.39, 0.29) is 6.04 Å². The van der Waals surface area contributed by atoms with E-state index in [0.717, 1.165) is 25.9 Å². The Morgan fingerprint density at radius 3 is 2.45 bits per heavy atom. The monoisotopic (exact) mass is 281 g/mol. The maximum Gasteiger partial charge on any atom is 0.239 e. The lowest BCUT2D eigenvalue weighted by atomic mass is 10.0.